The molecule has 3 aromatic rings. The summed E-state index contributed by atoms with van der Waals surface area (Å²) in [7, 11) is 0. The second kappa shape index (κ2) is 6.01. The Kier molecular flexibility index (Phi) is 3.74. The number of anilines is 1. The van der Waals surface area contributed by atoms with Crippen molar-refractivity contribution in [3.63, 3.8) is 0 Å². The van der Waals surface area contributed by atoms with Crippen molar-refractivity contribution in [1.82, 2.24) is 4.98 Å². The van der Waals surface area contributed by atoms with Crippen LogP contribution in [0.5, 0.6) is 0 Å². The molecule has 0 saturated heterocycles. The Bertz CT molecular complexity index is 739. The molecule has 0 aliphatic carbocycles. The molecule has 1 aromatic heterocycles. The maximum atomic E-state index is 12.1. The van der Waals surface area contributed by atoms with E-state index in [0.717, 1.165) is 11.1 Å². The monoisotopic (exact) mass is 274 g/mol. The second-order valence-electron chi connectivity index (χ2n) is 4.65. The van der Waals surface area contributed by atoms with Gasteiger partial charge in [-0.25, -0.2) is 0 Å². The number of aromatic nitrogens is 1. The van der Waals surface area contributed by atoms with Gasteiger partial charge in [-0.05, 0) is 23.8 Å². The molecule has 0 radical (unpaired) electrons. The first-order valence-corrected chi connectivity index (χ1v) is 6.70. The lowest BCUT2D eigenvalue weighted by molar-refractivity contribution is 0.102. The average molecular weight is 274 g/mol. The van der Waals surface area contributed by atoms with Crippen molar-refractivity contribution >= 4 is 11.6 Å². The van der Waals surface area contributed by atoms with Gasteiger partial charge in [-0.15, -0.1) is 0 Å². The van der Waals surface area contributed by atoms with Crippen molar-refractivity contribution < 1.29 is 4.79 Å². The fourth-order valence-electron chi connectivity index (χ4n) is 2.09. The summed E-state index contributed by atoms with van der Waals surface area (Å²) in [5, 5.41) is 2.87. The second-order valence-corrected chi connectivity index (χ2v) is 4.65. The molecule has 21 heavy (non-hydrogen) atoms. The van der Waals surface area contributed by atoms with Crippen LogP contribution < -0.4 is 5.32 Å². The van der Waals surface area contributed by atoms with Crippen molar-refractivity contribution in [2.75, 3.05) is 5.32 Å². The summed E-state index contributed by atoms with van der Waals surface area (Å²) < 4.78 is 0. The maximum absolute atomic E-state index is 12.1. The van der Waals surface area contributed by atoms with E-state index in [9.17, 15) is 4.79 Å². The van der Waals surface area contributed by atoms with Crippen LogP contribution in [0.25, 0.3) is 11.1 Å². The average Bonchev–Trinajstić information content (AvgIpc) is 2.57. The van der Waals surface area contributed by atoms with Crippen LogP contribution >= 0.6 is 0 Å². The van der Waals surface area contributed by atoms with Crippen molar-refractivity contribution in [2.45, 2.75) is 0 Å². The van der Waals surface area contributed by atoms with E-state index in [1.165, 1.54) is 0 Å². The molecule has 0 saturated carbocycles. The normalized spacial score (nSPS) is 10.1. The Morgan fingerprint density at radius 3 is 2.19 bits per heavy atom. The zero-order chi connectivity index (χ0) is 14.5. The van der Waals surface area contributed by atoms with Gasteiger partial charge in [0, 0.05) is 17.3 Å². The summed E-state index contributed by atoms with van der Waals surface area (Å²) in [5.74, 6) is -0.136. The van der Waals surface area contributed by atoms with E-state index < -0.39 is 0 Å². The van der Waals surface area contributed by atoms with E-state index >= 15 is 0 Å². The van der Waals surface area contributed by atoms with E-state index in [1.54, 1.807) is 24.5 Å². The SMILES string of the molecule is O=C(Nc1cncc(-c2ccccc2)c1)c1ccccc1. The maximum Gasteiger partial charge on any atom is 0.255 e. The van der Waals surface area contributed by atoms with Crippen LogP contribution in [0, 0.1) is 0 Å². The Balaban J connectivity index is 1.83. The smallest absolute Gasteiger partial charge is 0.255 e. The van der Waals surface area contributed by atoms with Gasteiger partial charge in [0.15, 0.2) is 0 Å². The number of carbonyl (C=O) groups excluding carboxylic acids is 1. The molecule has 102 valence electrons. The third-order valence-corrected chi connectivity index (χ3v) is 3.14. The third-order valence-electron chi connectivity index (χ3n) is 3.14. The molecule has 0 aliphatic heterocycles. The minimum atomic E-state index is -0.136. The molecule has 1 heterocycles. The van der Waals surface area contributed by atoms with Crippen molar-refractivity contribution in [2.24, 2.45) is 0 Å². The highest BCUT2D eigenvalue weighted by Gasteiger charge is 2.06. The van der Waals surface area contributed by atoms with Gasteiger partial charge in [0.05, 0.1) is 11.9 Å². The number of hydrogen-bond acceptors (Lipinski definition) is 2. The summed E-state index contributed by atoms with van der Waals surface area (Å²) in [6.45, 7) is 0. The van der Waals surface area contributed by atoms with Gasteiger partial charge in [0.25, 0.3) is 5.91 Å². The molecular formula is C18H14N2O. The van der Waals surface area contributed by atoms with Crippen LogP contribution in [-0.4, -0.2) is 10.9 Å². The van der Waals surface area contributed by atoms with Crippen LogP contribution in [0.3, 0.4) is 0 Å². The van der Waals surface area contributed by atoms with Gasteiger partial charge in [0.1, 0.15) is 0 Å². The zero-order valence-corrected chi connectivity index (χ0v) is 11.4. The zero-order valence-electron chi connectivity index (χ0n) is 11.4. The molecule has 1 amide bonds. The van der Waals surface area contributed by atoms with E-state index in [2.05, 4.69) is 10.3 Å². The van der Waals surface area contributed by atoms with Crippen molar-refractivity contribution in [3.05, 3.63) is 84.7 Å². The highest BCUT2D eigenvalue weighted by atomic mass is 16.1. The first kappa shape index (κ1) is 13.1. The lowest BCUT2D eigenvalue weighted by Crippen LogP contribution is -2.11. The molecule has 1 N–H and O–H groups in total. The van der Waals surface area contributed by atoms with Gasteiger partial charge in [-0.3, -0.25) is 9.78 Å². The first-order valence-electron chi connectivity index (χ1n) is 6.70. The van der Waals surface area contributed by atoms with Crippen LogP contribution in [0.1, 0.15) is 10.4 Å². The van der Waals surface area contributed by atoms with Gasteiger partial charge in [0.2, 0.25) is 0 Å². The van der Waals surface area contributed by atoms with E-state index in [-0.39, 0.29) is 5.91 Å². The van der Waals surface area contributed by atoms with Crippen LogP contribution in [0.4, 0.5) is 5.69 Å². The number of pyridine rings is 1. The van der Waals surface area contributed by atoms with Gasteiger partial charge in [-0.1, -0.05) is 48.5 Å². The molecule has 0 fully saturated rings. The van der Waals surface area contributed by atoms with E-state index in [0.29, 0.717) is 11.3 Å². The molecule has 3 heteroatoms. The number of nitrogens with zero attached hydrogens (tertiary/aromatic N) is 1. The molecular weight excluding hydrogens is 260 g/mol. The number of benzene rings is 2. The van der Waals surface area contributed by atoms with E-state index in [4.69, 9.17) is 0 Å². The van der Waals surface area contributed by atoms with E-state index in [1.807, 2.05) is 54.6 Å². The Morgan fingerprint density at radius 1 is 0.810 bits per heavy atom. The topological polar surface area (TPSA) is 42.0 Å². The van der Waals surface area contributed by atoms with Crippen LogP contribution in [0.2, 0.25) is 0 Å². The van der Waals surface area contributed by atoms with Crippen molar-refractivity contribution in [1.29, 1.82) is 0 Å². The first-order chi connectivity index (χ1) is 10.3. The number of hydrogen-bond donors (Lipinski definition) is 1. The highest BCUT2D eigenvalue weighted by molar-refractivity contribution is 6.04. The summed E-state index contributed by atoms with van der Waals surface area (Å²) >= 11 is 0. The lowest BCUT2D eigenvalue weighted by Gasteiger charge is -2.07. The molecule has 0 atom stereocenters. The van der Waals surface area contributed by atoms with Crippen LogP contribution in [0.15, 0.2) is 79.1 Å². The Morgan fingerprint density at radius 2 is 1.48 bits per heavy atom. The third kappa shape index (κ3) is 3.15. The highest BCUT2D eigenvalue weighted by Crippen LogP contribution is 2.21. The summed E-state index contributed by atoms with van der Waals surface area (Å²) in [5.41, 5.74) is 3.36. The largest absolute Gasteiger partial charge is 0.321 e. The Labute approximate surface area is 123 Å². The van der Waals surface area contributed by atoms with Crippen molar-refractivity contribution in [3.8, 4) is 11.1 Å². The fourth-order valence-corrected chi connectivity index (χ4v) is 2.09. The van der Waals surface area contributed by atoms with Gasteiger partial charge < -0.3 is 5.32 Å². The summed E-state index contributed by atoms with van der Waals surface area (Å²) in [6.07, 6.45) is 3.43. The summed E-state index contributed by atoms with van der Waals surface area (Å²) in [4.78, 5) is 16.3. The minimum absolute atomic E-state index is 0.136. The molecule has 0 aliphatic rings. The molecule has 2 aromatic carbocycles. The van der Waals surface area contributed by atoms with Gasteiger partial charge >= 0.3 is 0 Å². The number of nitrogens with one attached hydrogen (secondary N) is 1. The molecule has 0 bridgehead atoms. The Hall–Kier alpha value is -2.94. The lowest BCUT2D eigenvalue weighted by atomic mass is 10.1. The number of rotatable bonds is 3. The molecule has 0 unspecified atom stereocenters. The molecule has 3 nitrogen and oxygen atoms in total. The molecule has 3 rings (SSSR count). The predicted octanol–water partition coefficient (Wildman–Crippen LogP) is 4.00. The standard InChI is InChI=1S/C18H14N2O/c21-18(15-9-5-2-6-10-15)20-17-11-16(12-19-13-17)14-7-3-1-4-8-14/h1-13H,(H,20,21). The number of amides is 1. The summed E-state index contributed by atoms with van der Waals surface area (Å²) in [6, 6.07) is 21.0. The minimum Gasteiger partial charge on any atom is -0.321 e. The molecule has 0 spiro atoms. The quantitative estimate of drug-likeness (QED) is 0.784. The fraction of sp³-hybridized carbons (Fsp3) is 0. The van der Waals surface area contributed by atoms with Gasteiger partial charge in [-0.2, -0.15) is 0 Å². The van der Waals surface area contributed by atoms with Crippen LogP contribution in [-0.2, 0) is 0 Å². The predicted molar refractivity (Wildman–Crippen MR) is 84.1 cm³/mol. The number of carbonyl (C=O) groups is 1.